The molecule has 0 N–H and O–H groups in total. The van der Waals surface area contributed by atoms with Gasteiger partial charge in [-0.15, -0.1) is 0 Å². The Bertz CT molecular complexity index is 757. The topological polar surface area (TPSA) is 36.4 Å². The van der Waals surface area contributed by atoms with E-state index in [0.29, 0.717) is 12.5 Å². The Morgan fingerprint density at radius 1 is 1.23 bits per heavy atom. The summed E-state index contributed by atoms with van der Waals surface area (Å²) in [5, 5.41) is 0. The first-order valence-electron chi connectivity index (χ1n) is 9.45. The first kappa shape index (κ1) is 18.6. The molecule has 0 bridgehead atoms. The normalized spacial score (nSPS) is 17.5. The number of likely N-dealkylation sites (tertiary alicyclic amines) is 1. The van der Waals surface area contributed by atoms with Crippen LogP contribution < -0.4 is 0 Å². The molecule has 1 atom stereocenters. The van der Waals surface area contributed by atoms with Crippen LogP contribution in [0.3, 0.4) is 0 Å². The highest BCUT2D eigenvalue weighted by atomic mass is 16.2. The summed E-state index contributed by atoms with van der Waals surface area (Å²) in [6, 6.07) is 14.9. The summed E-state index contributed by atoms with van der Waals surface area (Å²) < 4.78 is 0. The van der Waals surface area contributed by atoms with Crippen molar-refractivity contribution in [1.82, 2.24) is 14.8 Å². The SMILES string of the molecule is Cc1cccc(Cc2cccc(C3CCCN(C(=O)CN(C)C)C3)n2)c1. The number of benzene rings is 1. The second-order valence-corrected chi connectivity index (χ2v) is 7.64. The number of aromatic nitrogens is 1. The number of nitrogens with zero attached hydrogens (tertiary/aromatic N) is 3. The van der Waals surface area contributed by atoms with Gasteiger partial charge >= 0.3 is 0 Å². The molecule has 0 spiro atoms. The average molecular weight is 351 g/mol. The zero-order chi connectivity index (χ0) is 18.5. The van der Waals surface area contributed by atoms with Gasteiger partial charge in [0.05, 0.1) is 6.54 Å². The molecule has 2 aromatic rings. The maximum absolute atomic E-state index is 12.4. The Morgan fingerprint density at radius 3 is 2.81 bits per heavy atom. The van der Waals surface area contributed by atoms with Gasteiger partial charge in [-0.1, -0.05) is 35.9 Å². The number of rotatable bonds is 5. The van der Waals surface area contributed by atoms with Gasteiger partial charge in [-0.2, -0.15) is 0 Å². The number of amides is 1. The van der Waals surface area contributed by atoms with Gasteiger partial charge in [0, 0.05) is 36.8 Å². The van der Waals surface area contributed by atoms with Crippen LogP contribution in [0.2, 0.25) is 0 Å². The van der Waals surface area contributed by atoms with E-state index < -0.39 is 0 Å². The van der Waals surface area contributed by atoms with Crippen molar-refractivity contribution in [1.29, 1.82) is 0 Å². The molecular weight excluding hydrogens is 322 g/mol. The minimum Gasteiger partial charge on any atom is -0.341 e. The summed E-state index contributed by atoms with van der Waals surface area (Å²) in [7, 11) is 3.88. The van der Waals surface area contributed by atoms with Crippen LogP contribution in [0.15, 0.2) is 42.5 Å². The molecular formula is C22H29N3O. The molecule has 4 heteroatoms. The van der Waals surface area contributed by atoms with E-state index in [1.165, 1.54) is 11.1 Å². The highest BCUT2D eigenvalue weighted by Crippen LogP contribution is 2.26. The minimum atomic E-state index is 0.218. The van der Waals surface area contributed by atoms with Gasteiger partial charge in [0.15, 0.2) is 0 Å². The predicted molar refractivity (Wildman–Crippen MR) is 105 cm³/mol. The number of pyridine rings is 1. The fourth-order valence-corrected chi connectivity index (χ4v) is 3.67. The second-order valence-electron chi connectivity index (χ2n) is 7.64. The van der Waals surface area contributed by atoms with Crippen LogP contribution >= 0.6 is 0 Å². The summed E-state index contributed by atoms with van der Waals surface area (Å²) in [4.78, 5) is 21.3. The van der Waals surface area contributed by atoms with Crippen molar-refractivity contribution in [3.8, 4) is 0 Å². The number of carbonyl (C=O) groups is 1. The van der Waals surface area contributed by atoms with Crippen molar-refractivity contribution < 1.29 is 4.79 Å². The monoisotopic (exact) mass is 351 g/mol. The number of piperidine rings is 1. The van der Waals surface area contributed by atoms with E-state index in [1.807, 2.05) is 23.9 Å². The van der Waals surface area contributed by atoms with Gasteiger partial charge < -0.3 is 9.80 Å². The van der Waals surface area contributed by atoms with Crippen LogP contribution in [0.5, 0.6) is 0 Å². The van der Waals surface area contributed by atoms with Crippen LogP contribution in [0.25, 0.3) is 0 Å². The standard InChI is InChI=1S/C22H29N3O/c1-17-7-4-8-18(13-17)14-20-10-5-11-21(23-20)19-9-6-12-25(15-19)22(26)16-24(2)3/h4-5,7-8,10-11,13,19H,6,9,12,14-16H2,1-3H3. The largest absolute Gasteiger partial charge is 0.341 e. The second kappa shape index (κ2) is 8.45. The predicted octanol–water partition coefficient (Wildman–Crippen LogP) is 3.25. The van der Waals surface area contributed by atoms with Crippen LogP contribution in [-0.2, 0) is 11.2 Å². The van der Waals surface area contributed by atoms with Gasteiger partial charge in [-0.3, -0.25) is 9.78 Å². The average Bonchev–Trinajstić information content (AvgIpc) is 2.61. The molecule has 1 fully saturated rings. The van der Waals surface area contributed by atoms with Gasteiger partial charge in [0.2, 0.25) is 5.91 Å². The highest BCUT2D eigenvalue weighted by Gasteiger charge is 2.25. The summed E-state index contributed by atoms with van der Waals surface area (Å²) >= 11 is 0. The van der Waals surface area contributed by atoms with E-state index in [-0.39, 0.29) is 5.91 Å². The number of carbonyl (C=O) groups excluding carboxylic acids is 1. The van der Waals surface area contributed by atoms with Crippen molar-refractivity contribution >= 4 is 5.91 Å². The molecule has 3 rings (SSSR count). The Balaban J connectivity index is 1.70. The zero-order valence-electron chi connectivity index (χ0n) is 16.1. The van der Waals surface area contributed by atoms with Gasteiger partial charge in [-0.05, 0) is 51.6 Å². The van der Waals surface area contributed by atoms with Crippen LogP contribution in [-0.4, -0.2) is 54.4 Å². The highest BCUT2D eigenvalue weighted by molar-refractivity contribution is 5.78. The fraction of sp³-hybridized carbons (Fsp3) is 0.455. The van der Waals surface area contributed by atoms with Crippen molar-refractivity contribution in [2.45, 2.75) is 32.1 Å². The van der Waals surface area contributed by atoms with Crippen LogP contribution in [0.1, 0.15) is 41.3 Å². The lowest BCUT2D eigenvalue weighted by Crippen LogP contribution is -2.43. The number of hydrogen-bond acceptors (Lipinski definition) is 3. The first-order chi connectivity index (χ1) is 12.5. The molecule has 0 saturated carbocycles. The third-order valence-electron chi connectivity index (χ3n) is 4.94. The number of aryl methyl sites for hydroxylation is 1. The number of likely N-dealkylation sites (N-methyl/N-ethyl adjacent to an activating group) is 1. The molecule has 1 aromatic heterocycles. The maximum atomic E-state index is 12.4. The summed E-state index contributed by atoms with van der Waals surface area (Å²) in [5.74, 6) is 0.558. The van der Waals surface area contributed by atoms with Crippen molar-refractivity contribution in [2.24, 2.45) is 0 Å². The molecule has 4 nitrogen and oxygen atoms in total. The minimum absolute atomic E-state index is 0.218. The number of hydrogen-bond donors (Lipinski definition) is 0. The van der Waals surface area contributed by atoms with Gasteiger partial charge in [-0.25, -0.2) is 0 Å². The fourth-order valence-electron chi connectivity index (χ4n) is 3.67. The Labute approximate surface area is 156 Å². The lowest BCUT2D eigenvalue weighted by molar-refractivity contribution is -0.133. The molecule has 1 amide bonds. The first-order valence-corrected chi connectivity index (χ1v) is 9.45. The molecule has 138 valence electrons. The molecule has 2 heterocycles. The molecule has 1 aliphatic rings. The lowest BCUT2D eigenvalue weighted by Gasteiger charge is -2.33. The third kappa shape index (κ3) is 4.92. The molecule has 1 aromatic carbocycles. The lowest BCUT2D eigenvalue weighted by atomic mass is 9.93. The van der Waals surface area contributed by atoms with Crippen LogP contribution in [0.4, 0.5) is 0 Å². The molecule has 1 aliphatic heterocycles. The molecule has 0 aliphatic carbocycles. The van der Waals surface area contributed by atoms with Crippen molar-refractivity contribution in [3.63, 3.8) is 0 Å². The van der Waals surface area contributed by atoms with Crippen LogP contribution in [0, 0.1) is 6.92 Å². The van der Waals surface area contributed by atoms with E-state index in [2.05, 4.69) is 49.4 Å². The summed E-state index contributed by atoms with van der Waals surface area (Å²) in [6.45, 7) is 4.25. The van der Waals surface area contributed by atoms with Crippen molar-refractivity contribution in [3.05, 3.63) is 65.0 Å². The van der Waals surface area contributed by atoms with Gasteiger partial charge in [0.1, 0.15) is 0 Å². The molecule has 1 saturated heterocycles. The maximum Gasteiger partial charge on any atom is 0.236 e. The molecule has 1 unspecified atom stereocenters. The quantitative estimate of drug-likeness (QED) is 0.830. The summed E-state index contributed by atoms with van der Waals surface area (Å²) in [6.07, 6.45) is 3.01. The van der Waals surface area contributed by atoms with E-state index in [9.17, 15) is 4.79 Å². The Morgan fingerprint density at radius 2 is 2.04 bits per heavy atom. The van der Waals surface area contributed by atoms with Gasteiger partial charge in [0.25, 0.3) is 0 Å². The molecule has 26 heavy (non-hydrogen) atoms. The van der Waals surface area contributed by atoms with E-state index in [4.69, 9.17) is 4.98 Å². The van der Waals surface area contributed by atoms with E-state index in [1.54, 1.807) is 0 Å². The van der Waals surface area contributed by atoms with E-state index in [0.717, 1.165) is 43.7 Å². The smallest absolute Gasteiger partial charge is 0.236 e. The zero-order valence-corrected chi connectivity index (χ0v) is 16.1. The molecule has 0 radical (unpaired) electrons. The summed E-state index contributed by atoms with van der Waals surface area (Å²) in [5.41, 5.74) is 4.80. The third-order valence-corrected chi connectivity index (χ3v) is 4.94. The van der Waals surface area contributed by atoms with E-state index >= 15 is 0 Å². The van der Waals surface area contributed by atoms with Crippen molar-refractivity contribution in [2.75, 3.05) is 33.7 Å². The Kier molecular flexibility index (Phi) is 6.04. The Hall–Kier alpha value is -2.20.